The first-order valence-corrected chi connectivity index (χ1v) is 6.16. The van der Waals surface area contributed by atoms with Crippen LogP contribution in [0, 0.1) is 0 Å². The maximum atomic E-state index is 11.0. The Morgan fingerprint density at radius 2 is 2.00 bits per heavy atom. The molecule has 0 saturated heterocycles. The molecule has 3 aromatic rings. The van der Waals surface area contributed by atoms with E-state index in [9.17, 15) is 4.79 Å². The van der Waals surface area contributed by atoms with E-state index in [2.05, 4.69) is 9.97 Å². The number of rotatable bonds is 3. The molecule has 21 heavy (non-hydrogen) atoms. The number of pyridine rings is 2. The Morgan fingerprint density at radius 3 is 2.81 bits per heavy atom. The number of nitrogen functional groups attached to an aromatic ring is 1. The quantitative estimate of drug-likeness (QED) is 0.765. The molecular weight excluding hydrogens is 270 g/mol. The van der Waals surface area contributed by atoms with Crippen LogP contribution in [-0.2, 0) is 0 Å². The summed E-state index contributed by atoms with van der Waals surface area (Å²) in [4.78, 5) is 19.1. The third kappa shape index (κ3) is 2.46. The average Bonchev–Trinajstić information content (AvgIpc) is 2.49. The number of carboxylic acid groups (broad SMARTS) is 1. The summed E-state index contributed by atoms with van der Waals surface area (Å²) < 4.78 is 5.67. The van der Waals surface area contributed by atoms with Gasteiger partial charge in [-0.2, -0.15) is 0 Å². The number of aromatic carboxylic acids is 1. The standard InChI is InChI=1S/C15H11N3O3/c16-10-6-7-12(15(19)20)18-14(10)21-13-5-1-4-11-9(13)3-2-8-17-11/h1-8H,16H2,(H,19,20). The van der Waals surface area contributed by atoms with Gasteiger partial charge in [0.05, 0.1) is 11.2 Å². The fourth-order valence-electron chi connectivity index (χ4n) is 1.92. The molecule has 0 unspecified atom stereocenters. The van der Waals surface area contributed by atoms with Gasteiger partial charge in [0.15, 0.2) is 5.69 Å². The summed E-state index contributed by atoms with van der Waals surface area (Å²) in [6, 6.07) is 11.8. The summed E-state index contributed by atoms with van der Waals surface area (Å²) in [5.41, 5.74) is 6.69. The molecule has 6 nitrogen and oxygen atoms in total. The SMILES string of the molecule is Nc1ccc(C(=O)O)nc1Oc1cccc2ncccc12. The highest BCUT2D eigenvalue weighted by atomic mass is 16.5. The van der Waals surface area contributed by atoms with Gasteiger partial charge in [0.1, 0.15) is 5.75 Å². The summed E-state index contributed by atoms with van der Waals surface area (Å²) in [6.45, 7) is 0. The number of carbonyl (C=O) groups is 1. The topological polar surface area (TPSA) is 98.3 Å². The van der Waals surface area contributed by atoms with Crippen LogP contribution in [0.3, 0.4) is 0 Å². The van der Waals surface area contributed by atoms with E-state index in [0.717, 1.165) is 10.9 Å². The lowest BCUT2D eigenvalue weighted by molar-refractivity contribution is 0.0689. The Morgan fingerprint density at radius 1 is 1.14 bits per heavy atom. The van der Waals surface area contributed by atoms with Crippen molar-refractivity contribution < 1.29 is 14.6 Å². The number of ether oxygens (including phenoxy) is 1. The molecule has 0 amide bonds. The third-order valence-corrected chi connectivity index (χ3v) is 2.92. The first-order valence-electron chi connectivity index (χ1n) is 6.16. The number of carboxylic acids is 1. The highest BCUT2D eigenvalue weighted by Gasteiger charge is 2.12. The van der Waals surface area contributed by atoms with E-state index in [4.69, 9.17) is 15.6 Å². The van der Waals surface area contributed by atoms with Crippen molar-refractivity contribution in [2.24, 2.45) is 0 Å². The molecule has 6 heteroatoms. The fourth-order valence-corrected chi connectivity index (χ4v) is 1.92. The van der Waals surface area contributed by atoms with Gasteiger partial charge >= 0.3 is 5.97 Å². The molecule has 0 fully saturated rings. The van der Waals surface area contributed by atoms with Crippen LogP contribution < -0.4 is 10.5 Å². The van der Waals surface area contributed by atoms with Crippen LogP contribution in [0.4, 0.5) is 5.69 Å². The minimum Gasteiger partial charge on any atom is -0.477 e. The number of fused-ring (bicyclic) bond motifs is 1. The molecule has 104 valence electrons. The van der Waals surface area contributed by atoms with Crippen LogP contribution >= 0.6 is 0 Å². The Balaban J connectivity index is 2.06. The normalized spacial score (nSPS) is 10.5. The summed E-state index contributed by atoms with van der Waals surface area (Å²) in [5.74, 6) is -0.562. The van der Waals surface area contributed by atoms with E-state index < -0.39 is 5.97 Å². The Kier molecular flexibility index (Phi) is 3.12. The van der Waals surface area contributed by atoms with Crippen molar-refractivity contribution >= 4 is 22.6 Å². The maximum Gasteiger partial charge on any atom is 0.354 e. The molecule has 0 aliphatic heterocycles. The van der Waals surface area contributed by atoms with Gasteiger partial charge in [-0.3, -0.25) is 4.98 Å². The second-order valence-corrected chi connectivity index (χ2v) is 4.32. The summed E-state index contributed by atoms with van der Waals surface area (Å²) in [6.07, 6.45) is 1.68. The number of nitrogens with two attached hydrogens (primary N) is 1. The number of nitrogens with zero attached hydrogens (tertiary/aromatic N) is 2. The number of aromatic nitrogens is 2. The molecule has 0 bridgehead atoms. The molecule has 2 heterocycles. The van der Waals surface area contributed by atoms with Crippen LogP contribution in [0.15, 0.2) is 48.7 Å². The largest absolute Gasteiger partial charge is 0.477 e. The average molecular weight is 281 g/mol. The maximum absolute atomic E-state index is 11.0. The fraction of sp³-hybridized carbons (Fsp3) is 0. The molecule has 0 radical (unpaired) electrons. The molecule has 0 aliphatic rings. The number of anilines is 1. The monoisotopic (exact) mass is 281 g/mol. The molecule has 1 aromatic carbocycles. The molecular formula is C15H11N3O3. The van der Waals surface area contributed by atoms with E-state index in [-0.39, 0.29) is 17.3 Å². The first-order chi connectivity index (χ1) is 10.1. The van der Waals surface area contributed by atoms with E-state index in [1.54, 1.807) is 24.4 Å². The van der Waals surface area contributed by atoms with Crippen molar-refractivity contribution in [3.63, 3.8) is 0 Å². The van der Waals surface area contributed by atoms with Gasteiger partial charge < -0.3 is 15.6 Å². The van der Waals surface area contributed by atoms with E-state index >= 15 is 0 Å². The number of hydrogen-bond donors (Lipinski definition) is 2. The second kappa shape index (κ2) is 5.09. The summed E-state index contributed by atoms with van der Waals surface area (Å²) in [5, 5.41) is 9.76. The Bertz CT molecular complexity index is 828. The zero-order valence-corrected chi connectivity index (χ0v) is 10.9. The zero-order valence-electron chi connectivity index (χ0n) is 10.9. The van der Waals surface area contributed by atoms with E-state index in [0.29, 0.717) is 5.75 Å². The van der Waals surface area contributed by atoms with Gasteiger partial charge in [-0.05, 0) is 36.4 Å². The van der Waals surface area contributed by atoms with Gasteiger partial charge in [-0.1, -0.05) is 6.07 Å². The minimum atomic E-state index is -1.14. The first kappa shape index (κ1) is 12.9. The van der Waals surface area contributed by atoms with Gasteiger partial charge in [-0.25, -0.2) is 9.78 Å². The van der Waals surface area contributed by atoms with Crippen LogP contribution in [-0.4, -0.2) is 21.0 Å². The van der Waals surface area contributed by atoms with Crippen molar-refractivity contribution in [2.75, 3.05) is 5.73 Å². The number of hydrogen-bond acceptors (Lipinski definition) is 5. The lowest BCUT2D eigenvalue weighted by atomic mass is 10.2. The van der Waals surface area contributed by atoms with Gasteiger partial charge in [0.25, 0.3) is 0 Å². The van der Waals surface area contributed by atoms with Crippen LogP contribution in [0.5, 0.6) is 11.6 Å². The van der Waals surface area contributed by atoms with Crippen LogP contribution in [0.25, 0.3) is 10.9 Å². The molecule has 0 atom stereocenters. The lowest BCUT2D eigenvalue weighted by Crippen LogP contribution is -2.03. The van der Waals surface area contributed by atoms with Crippen molar-refractivity contribution in [2.45, 2.75) is 0 Å². The molecule has 3 N–H and O–H groups in total. The Hall–Kier alpha value is -3.15. The highest BCUT2D eigenvalue weighted by Crippen LogP contribution is 2.30. The Labute approximate surface area is 119 Å². The number of benzene rings is 1. The van der Waals surface area contributed by atoms with Crippen molar-refractivity contribution in [1.29, 1.82) is 0 Å². The molecule has 0 spiro atoms. The van der Waals surface area contributed by atoms with Gasteiger partial charge in [-0.15, -0.1) is 0 Å². The molecule has 0 saturated carbocycles. The molecule has 3 rings (SSSR count). The van der Waals surface area contributed by atoms with Crippen LogP contribution in [0.2, 0.25) is 0 Å². The van der Waals surface area contributed by atoms with Crippen molar-refractivity contribution in [1.82, 2.24) is 9.97 Å². The molecule has 2 aromatic heterocycles. The van der Waals surface area contributed by atoms with Crippen molar-refractivity contribution in [3.05, 3.63) is 54.4 Å². The molecule has 0 aliphatic carbocycles. The van der Waals surface area contributed by atoms with Gasteiger partial charge in [0, 0.05) is 11.6 Å². The zero-order chi connectivity index (χ0) is 14.8. The summed E-state index contributed by atoms with van der Waals surface area (Å²) >= 11 is 0. The van der Waals surface area contributed by atoms with Crippen molar-refractivity contribution in [3.8, 4) is 11.6 Å². The predicted octanol–water partition coefficient (Wildman–Crippen LogP) is 2.70. The van der Waals surface area contributed by atoms with E-state index in [1.165, 1.54) is 12.1 Å². The third-order valence-electron chi connectivity index (χ3n) is 2.92. The van der Waals surface area contributed by atoms with Crippen LogP contribution in [0.1, 0.15) is 10.5 Å². The second-order valence-electron chi connectivity index (χ2n) is 4.32. The summed E-state index contributed by atoms with van der Waals surface area (Å²) in [7, 11) is 0. The minimum absolute atomic E-state index is 0.0613. The predicted molar refractivity (Wildman–Crippen MR) is 77.4 cm³/mol. The smallest absolute Gasteiger partial charge is 0.354 e. The lowest BCUT2D eigenvalue weighted by Gasteiger charge is -2.10. The van der Waals surface area contributed by atoms with E-state index in [1.807, 2.05) is 12.1 Å². The highest BCUT2D eigenvalue weighted by molar-refractivity contribution is 5.87. The van der Waals surface area contributed by atoms with Gasteiger partial charge in [0.2, 0.25) is 5.88 Å².